The SMILES string of the molecule is Cc1cccc(CNc2ccccc2SC(F)(F)F)c1C. The molecule has 21 heavy (non-hydrogen) atoms. The fourth-order valence-electron chi connectivity index (χ4n) is 2.02. The Balaban J connectivity index is 2.15. The number of para-hydroxylation sites is 1. The number of nitrogens with one attached hydrogen (secondary N) is 1. The Morgan fingerprint density at radius 1 is 1.00 bits per heavy atom. The minimum absolute atomic E-state index is 0.0926. The lowest BCUT2D eigenvalue weighted by Crippen LogP contribution is -2.05. The lowest BCUT2D eigenvalue weighted by atomic mass is 10.0. The van der Waals surface area contributed by atoms with E-state index >= 15 is 0 Å². The first-order valence-corrected chi connectivity index (χ1v) is 7.32. The Morgan fingerprint density at radius 2 is 1.71 bits per heavy atom. The Kier molecular flexibility index (Phi) is 4.83. The summed E-state index contributed by atoms with van der Waals surface area (Å²) in [7, 11) is 0. The number of anilines is 1. The molecule has 0 atom stereocenters. The molecule has 0 radical (unpaired) electrons. The molecule has 0 spiro atoms. The van der Waals surface area contributed by atoms with Gasteiger partial charge in [-0.3, -0.25) is 0 Å². The molecule has 0 unspecified atom stereocenters. The minimum atomic E-state index is -4.28. The summed E-state index contributed by atoms with van der Waals surface area (Å²) < 4.78 is 37.6. The Labute approximate surface area is 126 Å². The summed E-state index contributed by atoms with van der Waals surface area (Å²) in [5.74, 6) is 0. The van der Waals surface area contributed by atoms with Crippen molar-refractivity contribution in [1.82, 2.24) is 0 Å². The van der Waals surface area contributed by atoms with Gasteiger partial charge in [-0.05, 0) is 54.4 Å². The van der Waals surface area contributed by atoms with Crippen molar-refractivity contribution in [2.75, 3.05) is 5.32 Å². The molecule has 0 aromatic heterocycles. The van der Waals surface area contributed by atoms with Crippen molar-refractivity contribution in [3.8, 4) is 0 Å². The molecular formula is C16H16F3NS. The van der Waals surface area contributed by atoms with Gasteiger partial charge < -0.3 is 5.32 Å². The average Bonchev–Trinajstić information content (AvgIpc) is 2.40. The lowest BCUT2D eigenvalue weighted by Gasteiger charge is -2.14. The number of hydrogen-bond acceptors (Lipinski definition) is 2. The smallest absolute Gasteiger partial charge is 0.380 e. The fraction of sp³-hybridized carbons (Fsp3) is 0.250. The van der Waals surface area contributed by atoms with Crippen LogP contribution in [0.1, 0.15) is 16.7 Å². The van der Waals surface area contributed by atoms with E-state index in [4.69, 9.17) is 0 Å². The van der Waals surface area contributed by atoms with Gasteiger partial charge in [0.25, 0.3) is 0 Å². The zero-order valence-electron chi connectivity index (χ0n) is 11.8. The molecule has 0 aliphatic heterocycles. The van der Waals surface area contributed by atoms with Gasteiger partial charge >= 0.3 is 5.51 Å². The number of benzene rings is 2. The van der Waals surface area contributed by atoms with Crippen molar-refractivity contribution in [1.29, 1.82) is 0 Å². The lowest BCUT2D eigenvalue weighted by molar-refractivity contribution is -0.0327. The molecule has 1 N–H and O–H groups in total. The second-order valence-corrected chi connectivity index (χ2v) is 5.86. The van der Waals surface area contributed by atoms with Crippen molar-refractivity contribution < 1.29 is 13.2 Å². The summed E-state index contributed by atoms with van der Waals surface area (Å²) >= 11 is -0.0926. The summed E-state index contributed by atoms with van der Waals surface area (Å²) in [5.41, 5.74) is -0.363. The van der Waals surface area contributed by atoms with Gasteiger partial charge in [-0.15, -0.1) is 0 Å². The first-order valence-electron chi connectivity index (χ1n) is 6.50. The summed E-state index contributed by atoms with van der Waals surface area (Å²) in [4.78, 5) is 0.190. The molecule has 2 aromatic carbocycles. The van der Waals surface area contributed by atoms with Gasteiger partial charge in [0.1, 0.15) is 0 Å². The van der Waals surface area contributed by atoms with Gasteiger partial charge in [0, 0.05) is 17.1 Å². The van der Waals surface area contributed by atoms with E-state index in [0.717, 1.165) is 11.1 Å². The summed E-state index contributed by atoms with van der Waals surface area (Å²) in [6, 6.07) is 12.4. The average molecular weight is 311 g/mol. The van der Waals surface area contributed by atoms with Gasteiger partial charge in [0.2, 0.25) is 0 Å². The number of rotatable bonds is 4. The summed E-state index contributed by atoms with van der Waals surface area (Å²) in [6.45, 7) is 4.54. The van der Waals surface area contributed by atoms with E-state index in [2.05, 4.69) is 5.32 Å². The van der Waals surface area contributed by atoms with E-state index in [1.807, 2.05) is 32.0 Å². The van der Waals surface area contributed by atoms with E-state index in [1.165, 1.54) is 11.6 Å². The Morgan fingerprint density at radius 3 is 2.43 bits per heavy atom. The van der Waals surface area contributed by atoms with Crippen molar-refractivity contribution in [3.05, 3.63) is 59.2 Å². The van der Waals surface area contributed by atoms with E-state index in [1.54, 1.807) is 18.2 Å². The van der Waals surface area contributed by atoms with E-state index in [0.29, 0.717) is 12.2 Å². The number of halogens is 3. The van der Waals surface area contributed by atoms with Gasteiger partial charge in [-0.2, -0.15) is 13.2 Å². The van der Waals surface area contributed by atoms with Crippen molar-refractivity contribution >= 4 is 17.4 Å². The Bertz CT molecular complexity index is 623. The predicted octanol–water partition coefficient (Wildman–Crippen LogP) is 5.53. The summed E-state index contributed by atoms with van der Waals surface area (Å²) in [6.07, 6.45) is 0. The van der Waals surface area contributed by atoms with Crippen molar-refractivity contribution in [2.24, 2.45) is 0 Å². The molecular weight excluding hydrogens is 295 g/mol. The maximum Gasteiger partial charge on any atom is 0.446 e. The van der Waals surface area contributed by atoms with Crippen LogP contribution in [0.5, 0.6) is 0 Å². The van der Waals surface area contributed by atoms with Crippen molar-refractivity contribution in [2.45, 2.75) is 30.8 Å². The largest absolute Gasteiger partial charge is 0.446 e. The van der Waals surface area contributed by atoms with Crippen LogP contribution in [0.25, 0.3) is 0 Å². The monoisotopic (exact) mass is 311 g/mol. The molecule has 2 aromatic rings. The standard InChI is InChI=1S/C16H16F3NS/c1-11-6-5-7-13(12(11)2)10-20-14-8-3-4-9-15(14)21-16(17,18)19/h3-9,20H,10H2,1-2H3. The zero-order chi connectivity index (χ0) is 15.5. The van der Waals surface area contributed by atoms with Crippen LogP contribution in [0.4, 0.5) is 18.9 Å². The predicted molar refractivity (Wildman–Crippen MR) is 81.6 cm³/mol. The van der Waals surface area contributed by atoms with Crippen LogP contribution < -0.4 is 5.32 Å². The zero-order valence-corrected chi connectivity index (χ0v) is 12.6. The highest BCUT2D eigenvalue weighted by Gasteiger charge is 2.30. The number of alkyl halides is 3. The number of aryl methyl sites for hydroxylation is 1. The molecule has 0 heterocycles. The molecule has 0 aliphatic carbocycles. The van der Waals surface area contributed by atoms with E-state index in [9.17, 15) is 13.2 Å². The van der Waals surface area contributed by atoms with Crippen LogP contribution in [0.2, 0.25) is 0 Å². The topological polar surface area (TPSA) is 12.0 Å². The first kappa shape index (κ1) is 15.8. The van der Waals surface area contributed by atoms with Crippen molar-refractivity contribution in [3.63, 3.8) is 0 Å². The highest BCUT2D eigenvalue weighted by Crippen LogP contribution is 2.40. The molecule has 0 aliphatic rings. The van der Waals surface area contributed by atoms with Crippen LogP contribution in [0.3, 0.4) is 0 Å². The number of thioether (sulfide) groups is 1. The Hall–Kier alpha value is -1.62. The van der Waals surface area contributed by atoms with Crippen LogP contribution in [-0.2, 0) is 6.54 Å². The maximum absolute atomic E-state index is 12.5. The van der Waals surface area contributed by atoms with E-state index < -0.39 is 5.51 Å². The molecule has 0 bridgehead atoms. The van der Waals surface area contributed by atoms with Crippen LogP contribution in [0.15, 0.2) is 47.4 Å². The minimum Gasteiger partial charge on any atom is -0.380 e. The highest BCUT2D eigenvalue weighted by molar-refractivity contribution is 8.00. The molecule has 2 rings (SSSR count). The third-order valence-corrected chi connectivity index (χ3v) is 4.11. The third kappa shape index (κ3) is 4.43. The molecule has 5 heteroatoms. The van der Waals surface area contributed by atoms with Crippen LogP contribution in [0, 0.1) is 13.8 Å². The normalized spacial score (nSPS) is 11.5. The molecule has 1 nitrogen and oxygen atoms in total. The summed E-state index contributed by atoms with van der Waals surface area (Å²) in [5, 5.41) is 3.10. The highest BCUT2D eigenvalue weighted by atomic mass is 32.2. The fourth-order valence-corrected chi connectivity index (χ4v) is 2.67. The second kappa shape index (κ2) is 6.43. The molecule has 0 amide bonds. The maximum atomic E-state index is 12.5. The van der Waals surface area contributed by atoms with Gasteiger partial charge in [-0.1, -0.05) is 30.3 Å². The molecule has 0 fully saturated rings. The van der Waals surface area contributed by atoms with Crippen LogP contribution in [-0.4, -0.2) is 5.51 Å². The van der Waals surface area contributed by atoms with E-state index in [-0.39, 0.29) is 16.7 Å². The second-order valence-electron chi connectivity index (χ2n) is 4.76. The molecule has 0 saturated carbocycles. The molecule has 0 saturated heterocycles. The molecule has 112 valence electrons. The first-order chi connectivity index (χ1) is 9.87. The van der Waals surface area contributed by atoms with Gasteiger partial charge in [-0.25, -0.2) is 0 Å². The van der Waals surface area contributed by atoms with Gasteiger partial charge in [0.15, 0.2) is 0 Å². The van der Waals surface area contributed by atoms with Gasteiger partial charge in [0.05, 0.1) is 0 Å². The quantitative estimate of drug-likeness (QED) is 0.745. The van der Waals surface area contributed by atoms with Crippen LogP contribution >= 0.6 is 11.8 Å². The third-order valence-electron chi connectivity index (χ3n) is 3.30. The number of hydrogen-bond donors (Lipinski definition) is 1.